The van der Waals surface area contributed by atoms with Gasteiger partial charge in [0, 0.05) is 24.8 Å². The molecule has 0 bridgehead atoms. The van der Waals surface area contributed by atoms with E-state index in [-0.39, 0.29) is 5.82 Å². The average molecular weight is 278 g/mol. The average Bonchev–Trinajstić information content (AvgIpc) is 2.46. The van der Waals surface area contributed by atoms with E-state index in [0.717, 1.165) is 37.6 Å². The van der Waals surface area contributed by atoms with E-state index in [9.17, 15) is 4.79 Å². The molecule has 1 N–H and O–H groups in total. The lowest BCUT2D eigenvalue weighted by Crippen LogP contribution is -2.39. The van der Waals surface area contributed by atoms with E-state index in [4.69, 9.17) is 4.74 Å². The molecule has 110 valence electrons. The summed E-state index contributed by atoms with van der Waals surface area (Å²) >= 11 is 0. The van der Waals surface area contributed by atoms with E-state index in [0.29, 0.717) is 5.92 Å². The van der Waals surface area contributed by atoms with Gasteiger partial charge in [-0.2, -0.15) is 0 Å². The lowest BCUT2D eigenvalue weighted by molar-refractivity contribution is 0.0586. The van der Waals surface area contributed by atoms with Crippen molar-refractivity contribution < 1.29 is 9.53 Å². The molecule has 1 fully saturated rings. The molecule has 0 saturated carbocycles. The fourth-order valence-corrected chi connectivity index (χ4v) is 2.62. The highest BCUT2D eigenvalue weighted by Crippen LogP contribution is 2.22. The first-order valence-electron chi connectivity index (χ1n) is 6.97. The van der Waals surface area contributed by atoms with Gasteiger partial charge in [-0.15, -0.1) is 0 Å². The summed E-state index contributed by atoms with van der Waals surface area (Å²) in [4.78, 5) is 22.3. The Morgan fingerprint density at radius 3 is 3.05 bits per heavy atom. The molecule has 20 heavy (non-hydrogen) atoms. The van der Waals surface area contributed by atoms with E-state index in [1.807, 2.05) is 20.0 Å². The summed E-state index contributed by atoms with van der Waals surface area (Å²) in [6.07, 6.45) is 2.37. The second-order valence-electron chi connectivity index (χ2n) is 5.19. The van der Waals surface area contributed by atoms with E-state index < -0.39 is 5.97 Å². The van der Waals surface area contributed by atoms with Crippen molar-refractivity contribution in [3.05, 3.63) is 17.6 Å². The Morgan fingerprint density at radius 1 is 1.55 bits per heavy atom. The highest BCUT2D eigenvalue weighted by Gasteiger charge is 2.22. The van der Waals surface area contributed by atoms with Crippen LogP contribution in [0.25, 0.3) is 0 Å². The lowest BCUT2D eigenvalue weighted by atomic mass is 9.98. The minimum Gasteiger partial charge on any atom is -0.463 e. The van der Waals surface area contributed by atoms with Crippen LogP contribution < -0.4 is 10.2 Å². The molecule has 1 aliphatic heterocycles. The SMILES string of the molecule is CNCC1CCCN(c2cc(C)nc(C(=O)OC)n2)C1. The zero-order chi connectivity index (χ0) is 14.5. The first-order chi connectivity index (χ1) is 9.63. The van der Waals surface area contributed by atoms with Crippen LogP contribution in [0.2, 0.25) is 0 Å². The molecule has 1 aromatic heterocycles. The molecule has 2 rings (SSSR count). The van der Waals surface area contributed by atoms with Gasteiger partial charge in [0.2, 0.25) is 5.82 Å². The van der Waals surface area contributed by atoms with Gasteiger partial charge in [0.05, 0.1) is 7.11 Å². The summed E-state index contributed by atoms with van der Waals surface area (Å²) in [5.41, 5.74) is 0.783. The third-order valence-electron chi connectivity index (χ3n) is 3.54. The fraction of sp³-hybridized carbons (Fsp3) is 0.643. The second kappa shape index (κ2) is 6.65. The zero-order valence-electron chi connectivity index (χ0n) is 12.3. The molecular formula is C14H22N4O2. The Labute approximate surface area is 119 Å². The van der Waals surface area contributed by atoms with Gasteiger partial charge in [0.25, 0.3) is 0 Å². The van der Waals surface area contributed by atoms with Crippen LogP contribution in [-0.2, 0) is 4.74 Å². The molecule has 0 radical (unpaired) electrons. The Hall–Kier alpha value is -1.69. The van der Waals surface area contributed by atoms with Gasteiger partial charge in [-0.05, 0) is 39.3 Å². The van der Waals surface area contributed by atoms with Crippen LogP contribution in [-0.4, -0.2) is 49.7 Å². The van der Waals surface area contributed by atoms with Crippen molar-refractivity contribution in [1.82, 2.24) is 15.3 Å². The molecule has 2 heterocycles. The van der Waals surface area contributed by atoms with Crippen LogP contribution in [0.3, 0.4) is 0 Å². The first kappa shape index (κ1) is 14.7. The number of ether oxygens (including phenoxy) is 1. The number of aromatic nitrogens is 2. The quantitative estimate of drug-likeness (QED) is 0.829. The number of aryl methyl sites for hydroxylation is 1. The van der Waals surface area contributed by atoms with Crippen molar-refractivity contribution in [2.24, 2.45) is 5.92 Å². The molecule has 1 aromatic rings. The van der Waals surface area contributed by atoms with Gasteiger partial charge in [0.1, 0.15) is 5.82 Å². The minimum atomic E-state index is -0.487. The number of rotatable bonds is 4. The lowest BCUT2D eigenvalue weighted by Gasteiger charge is -2.33. The number of nitrogens with zero attached hydrogens (tertiary/aromatic N) is 3. The number of nitrogens with one attached hydrogen (secondary N) is 1. The van der Waals surface area contributed by atoms with Crippen LogP contribution in [0.15, 0.2) is 6.07 Å². The van der Waals surface area contributed by atoms with Gasteiger partial charge in [0.15, 0.2) is 0 Å². The maximum absolute atomic E-state index is 11.6. The van der Waals surface area contributed by atoms with E-state index in [1.165, 1.54) is 13.5 Å². The predicted octanol–water partition coefficient (Wildman–Crippen LogP) is 1.01. The number of methoxy groups -OCH3 is 1. The molecule has 6 nitrogen and oxygen atoms in total. The van der Waals surface area contributed by atoms with Crippen molar-refractivity contribution in [3.63, 3.8) is 0 Å². The van der Waals surface area contributed by atoms with Crippen molar-refractivity contribution >= 4 is 11.8 Å². The van der Waals surface area contributed by atoms with Gasteiger partial charge < -0.3 is 15.0 Å². The zero-order valence-corrected chi connectivity index (χ0v) is 12.3. The highest BCUT2D eigenvalue weighted by atomic mass is 16.5. The number of esters is 1. The molecule has 1 saturated heterocycles. The summed E-state index contributed by atoms with van der Waals surface area (Å²) in [7, 11) is 3.32. The van der Waals surface area contributed by atoms with Gasteiger partial charge in [-0.3, -0.25) is 0 Å². The molecule has 6 heteroatoms. The summed E-state index contributed by atoms with van der Waals surface area (Å²) in [6, 6.07) is 1.92. The fourth-order valence-electron chi connectivity index (χ4n) is 2.62. The minimum absolute atomic E-state index is 0.137. The molecule has 1 unspecified atom stereocenters. The number of carbonyl (C=O) groups is 1. The summed E-state index contributed by atoms with van der Waals surface area (Å²) in [5.74, 6) is 1.08. The van der Waals surface area contributed by atoms with E-state index in [1.54, 1.807) is 0 Å². The van der Waals surface area contributed by atoms with Gasteiger partial charge >= 0.3 is 5.97 Å². The van der Waals surface area contributed by atoms with Crippen LogP contribution in [0.5, 0.6) is 0 Å². The number of carbonyl (C=O) groups excluding carboxylic acids is 1. The topological polar surface area (TPSA) is 67.4 Å². The number of hydrogen-bond donors (Lipinski definition) is 1. The Bertz CT molecular complexity index is 476. The number of piperidine rings is 1. The third-order valence-corrected chi connectivity index (χ3v) is 3.54. The van der Waals surface area contributed by atoms with Crippen LogP contribution in [0.1, 0.15) is 29.2 Å². The maximum Gasteiger partial charge on any atom is 0.376 e. The van der Waals surface area contributed by atoms with Crippen molar-refractivity contribution in [3.8, 4) is 0 Å². The first-order valence-corrected chi connectivity index (χ1v) is 6.97. The summed E-state index contributed by atoms with van der Waals surface area (Å²) < 4.78 is 4.70. The van der Waals surface area contributed by atoms with E-state index in [2.05, 4.69) is 20.2 Å². The van der Waals surface area contributed by atoms with Crippen molar-refractivity contribution in [2.75, 3.05) is 38.7 Å². The summed E-state index contributed by atoms with van der Waals surface area (Å²) in [5, 5.41) is 3.23. The van der Waals surface area contributed by atoms with Crippen LogP contribution in [0, 0.1) is 12.8 Å². The molecule has 1 aliphatic rings. The standard InChI is InChI=1S/C14H22N4O2/c1-10-7-12(17-13(16-10)14(19)20-3)18-6-4-5-11(9-18)8-15-2/h7,11,15H,4-6,8-9H2,1-3H3. The molecule has 0 spiro atoms. The normalized spacial score (nSPS) is 18.9. The van der Waals surface area contributed by atoms with Crippen molar-refractivity contribution in [2.45, 2.75) is 19.8 Å². The number of anilines is 1. The molecule has 1 atom stereocenters. The molecule has 0 aromatic carbocycles. The largest absolute Gasteiger partial charge is 0.463 e. The number of hydrogen-bond acceptors (Lipinski definition) is 6. The Balaban J connectivity index is 2.19. The highest BCUT2D eigenvalue weighted by molar-refractivity contribution is 5.85. The van der Waals surface area contributed by atoms with Gasteiger partial charge in [-0.25, -0.2) is 14.8 Å². The maximum atomic E-state index is 11.6. The van der Waals surface area contributed by atoms with Gasteiger partial charge in [-0.1, -0.05) is 0 Å². The second-order valence-corrected chi connectivity index (χ2v) is 5.19. The van der Waals surface area contributed by atoms with E-state index >= 15 is 0 Å². The predicted molar refractivity (Wildman–Crippen MR) is 77.0 cm³/mol. The Morgan fingerprint density at radius 2 is 2.35 bits per heavy atom. The Kier molecular flexibility index (Phi) is 4.89. The van der Waals surface area contributed by atoms with Crippen LogP contribution in [0.4, 0.5) is 5.82 Å². The smallest absolute Gasteiger partial charge is 0.376 e. The van der Waals surface area contributed by atoms with Crippen molar-refractivity contribution in [1.29, 1.82) is 0 Å². The third kappa shape index (κ3) is 3.45. The monoisotopic (exact) mass is 278 g/mol. The molecular weight excluding hydrogens is 256 g/mol. The summed E-state index contributed by atoms with van der Waals surface area (Å²) in [6.45, 7) is 4.80. The molecule has 0 amide bonds. The molecule has 0 aliphatic carbocycles. The van der Waals surface area contributed by atoms with Crippen LogP contribution >= 0.6 is 0 Å².